The van der Waals surface area contributed by atoms with Crippen molar-refractivity contribution in [2.24, 2.45) is 11.7 Å². The summed E-state index contributed by atoms with van der Waals surface area (Å²) in [7, 11) is 0. The number of benzene rings is 1. The molecule has 2 atom stereocenters. The fourth-order valence-corrected chi connectivity index (χ4v) is 4.99. The fourth-order valence-electron chi connectivity index (χ4n) is 4.99. The normalized spacial score (nSPS) is 20.9. The Labute approximate surface area is 205 Å². The van der Waals surface area contributed by atoms with Gasteiger partial charge >= 0.3 is 0 Å². The Morgan fingerprint density at radius 1 is 1.17 bits per heavy atom. The van der Waals surface area contributed by atoms with E-state index in [4.69, 9.17) is 16.5 Å². The van der Waals surface area contributed by atoms with E-state index in [0.717, 1.165) is 40.9 Å². The lowest BCUT2D eigenvalue weighted by Crippen LogP contribution is -2.46. The van der Waals surface area contributed by atoms with E-state index in [1.807, 2.05) is 59.6 Å². The van der Waals surface area contributed by atoms with Crippen molar-refractivity contribution in [2.75, 3.05) is 11.1 Å². The first kappa shape index (κ1) is 22.8. The topological polar surface area (TPSA) is 131 Å². The molecular formula is C27H30N8. The van der Waals surface area contributed by atoms with Gasteiger partial charge in [-0.25, -0.2) is 9.97 Å². The van der Waals surface area contributed by atoms with Gasteiger partial charge in [-0.15, -0.1) is 0 Å². The van der Waals surface area contributed by atoms with E-state index in [0.29, 0.717) is 24.7 Å². The largest absolute Gasteiger partial charge is 0.399 e. The third kappa shape index (κ3) is 5.10. The van der Waals surface area contributed by atoms with Crippen LogP contribution in [-0.2, 0) is 0 Å². The highest BCUT2D eigenvalue weighted by Gasteiger charge is 2.28. The SMILES string of the molecule is N#CCC(C1CCCC1)n1cc(-c2ccnc(NC3(N)C=CC(c4ccc(N)cc4)=CC3)n2)cn1. The summed E-state index contributed by atoms with van der Waals surface area (Å²) >= 11 is 0. The Morgan fingerprint density at radius 3 is 2.69 bits per heavy atom. The summed E-state index contributed by atoms with van der Waals surface area (Å²) in [6.07, 6.45) is 17.4. The molecule has 1 fully saturated rings. The number of nitrogens with zero attached hydrogens (tertiary/aromatic N) is 5. The highest BCUT2D eigenvalue weighted by Crippen LogP contribution is 2.36. The first-order valence-corrected chi connectivity index (χ1v) is 12.1. The lowest BCUT2D eigenvalue weighted by molar-refractivity contribution is 0.315. The third-order valence-electron chi connectivity index (χ3n) is 6.95. The van der Waals surface area contributed by atoms with Crippen molar-refractivity contribution in [3.63, 3.8) is 0 Å². The van der Waals surface area contributed by atoms with Crippen molar-refractivity contribution in [1.29, 1.82) is 5.26 Å². The van der Waals surface area contributed by atoms with Crippen LogP contribution in [0.3, 0.4) is 0 Å². The molecule has 0 radical (unpaired) electrons. The number of nitrogen functional groups attached to an aromatic ring is 1. The molecule has 2 aliphatic carbocycles. The fraction of sp³-hybridized carbons (Fsp3) is 0.333. The second-order valence-corrected chi connectivity index (χ2v) is 9.43. The average Bonchev–Trinajstić information content (AvgIpc) is 3.57. The van der Waals surface area contributed by atoms with Gasteiger partial charge in [0.25, 0.3) is 0 Å². The summed E-state index contributed by atoms with van der Waals surface area (Å²) in [6, 6.07) is 12.1. The number of allylic oxidation sites excluding steroid dienone is 2. The summed E-state index contributed by atoms with van der Waals surface area (Å²) in [5.41, 5.74) is 16.2. The van der Waals surface area contributed by atoms with Crippen molar-refractivity contribution in [1.82, 2.24) is 19.7 Å². The number of nitriles is 1. The molecule has 2 aromatic heterocycles. The van der Waals surface area contributed by atoms with Crippen LogP contribution in [0.1, 0.15) is 50.1 Å². The first-order chi connectivity index (χ1) is 17.0. The number of hydrogen-bond donors (Lipinski definition) is 3. The van der Waals surface area contributed by atoms with Gasteiger partial charge in [-0.1, -0.05) is 37.1 Å². The maximum absolute atomic E-state index is 9.34. The van der Waals surface area contributed by atoms with Crippen LogP contribution in [0.5, 0.6) is 0 Å². The van der Waals surface area contributed by atoms with Crippen LogP contribution < -0.4 is 16.8 Å². The van der Waals surface area contributed by atoms with Crippen LogP contribution in [0.4, 0.5) is 11.6 Å². The monoisotopic (exact) mass is 466 g/mol. The molecule has 8 heteroatoms. The highest BCUT2D eigenvalue weighted by atomic mass is 15.3. The number of rotatable bonds is 7. The second-order valence-electron chi connectivity index (χ2n) is 9.43. The molecule has 1 saturated carbocycles. The predicted molar refractivity (Wildman–Crippen MR) is 138 cm³/mol. The minimum Gasteiger partial charge on any atom is -0.399 e. The van der Waals surface area contributed by atoms with Gasteiger partial charge in [-0.05, 0) is 54.2 Å². The van der Waals surface area contributed by atoms with Gasteiger partial charge in [0.1, 0.15) is 5.66 Å². The molecule has 0 saturated heterocycles. The van der Waals surface area contributed by atoms with Crippen LogP contribution in [0, 0.1) is 17.2 Å². The van der Waals surface area contributed by atoms with Gasteiger partial charge in [0.05, 0.1) is 30.4 Å². The van der Waals surface area contributed by atoms with Crippen LogP contribution in [0.15, 0.2) is 67.2 Å². The van der Waals surface area contributed by atoms with Crippen molar-refractivity contribution in [3.05, 3.63) is 72.7 Å². The van der Waals surface area contributed by atoms with E-state index >= 15 is 0 Å². The molecule has 0 bridgehead atoms. The Kier molecular flexibility index (Phi) is 6.34. The smallest absolute Gasteiger partial charge is 0.224 e. The minimum atomic E-state index is -0.791. The quantitative estimate of drug-likeness (QED) is 0.340. The maximum Gasteiger partial charge on any atom is 0.224 e. The number of hydrogen-bond acceptors (Lipinski definition) is 7. The maximum atomic E-state index is 9.34. The predicted octanol–water partition coefficient (Wildman–Crippen LogP) is 4.68. The second kappa shape index (κ2) is 9.72. The Bertz CT molecular complexity index is 1280. The molecule has 3 aromatic rings. The number of anilines is 2. The van der Waals surface area contributed by atoms with Crippen LogP contribution >= 0.6 is 0 Å². The van der Waals surface area contributed by atoms with E-state index in [9.17, 15) is 5.26 Å². The molecule has 5 rings (SSSR count). The van der Waals surface area contributed by atoms with E-state index in [1.165, 1.54) is 12.8 Å². The lowest BCUT2D eigenvalue weighted by atomic mass is 9.93. The van der Waals surface area contributed by atoms with Crippen LogP contribution in [-0.4, -0.2) is 25.4 Å². The Morgan fingerprint density at radius 2 is 1.97 bits per heavy atom. The number of nitrogens with two attached hydrogens (primary N) is 2. The highest BCUT2D eigenvalue weighted by molar-refractivity contribution is 5.76. The first-order valence-electron chi connectivity index (χ1n) is 12.1. The third-order valence-corrected chi connectivity index (χ3v) is 6.95. The molecule has 2 heterocycles. The molecule has 8 nitrogen and oxygen atoms in total. The molecule has 178 valence electrons. The van der Waals surface area contributed by atoms with Crippen molar-refractivity contribution in [2.45, 2.75) is 50.2 Å². The zero-order valence-corrected chi connectivity index (χ0v) is 19.6. The van der Waals surface area contributed by atoms with Gasteiger partial charge in [-0.2, -0.15) is 10.4 Å². The van der Waals surface area contributed by atoms with Crippen molar-refractivity contribution < 1.29 is 0 Å². The summed E-state index contributed by atoms with van der Waals surface area (Å²) in [4.78, 5) is 9.08. The van der Waals surface area contributed by atoms with E-state index in [1.54, 1.807) is 6.20 Å². The van der Waals surface area contributed by atoms with E-state index in [-0.39, 0.29) is 6.04 Å². The van der Waals surface area contributed by atoms with E-state index < -0.39 is 5.66 Å². The van der Waals surface area contributed by atoms with Crippen LogP contribution in [0.25, 0.3) is 16.8 Å². The average molecular weight is 467 g/mol. The Hall–Kier alpha value is -3.96. The molecule has 2 aliphatic rings. The number of aromatic nitrogens is 4. The molecule has 1 aromatic carbocycles. The Balaban J connectivity index is 1.30. The van der Waals surface area contributed by atoms with Gasteiger partial charge in [0.15, 0.2) is 0 Å². The van der Waals surface area contributed by atoms with Gasteiger partial charge in [0.2, 0.25) is 5.95 Å². The number of nitrogens with one attached hydrogen (secondary N) is 1. The zero-order valence-electron chi connectivity index (χ0n) is 19.6. The molecule has 0 amide bonds. The van der Waals surface area contributed by atoms with Gasteiger partial charge < -0.3 is 16.8 Å². The minimum absolute atomic E-state index is 0.109. The van der Waals surface area contributed by atoms with Gasteiger partial charge in [-0.3, -0.25) is 4.68 Å². The molecular weight excluding hydrogens is 436 g/mol. The summed E-state index contributed by atoms with van der Waals surface area (Å²) < 4.78 is 1.95. The lowest BCUT2D eigenvalue weighted by Gasteiger charge is -2.29. The summed E-state index contributed by atoms with van der Waals surface area (Å²) in [5, 5.41) is 17.2. The van der Waals surface area contributed by atoms with Crippen LogP contribution in [0.2, 0.25) is 0 Å². The summed E-state index contributed by atoms with van der Waals surface area (Å²) in [5.74, 6) is 0.961. The molecule has 0 spiro atoms. The van der Waals surface area contributed by atoms with Crippen molar-refractivity contribution in [3.8, 4) is 17.3 Å². The summed E-state index contributed by atoms with van der Waals surface area (Å²) in [6.45, 7) is 0. The van der Waals surface area contributed by atoms with E-state index in [2.05, 4.69) is 27.5 Å². The molecule has 35 heavy (non-hydrogen) atoms. The molecule has 2 unspecified atom stereocenters. The zero-order chi connectivity index (χ0) is 24.3. The molecule has 0 aliphatic heterocycles. The van der Waals surface area contributed by atoms with Crippen molar-refractivity contribution >= 4 is 17.2 Å². The molecule has 5 N–H and O–H groups in total. The standard InChI is InChI=1S/C27H30N8/c28-15-11-25(21-3-1-2-4-21)35-18-22(17-32-35)24-12-16-31-26(33-24)34-27(30)13-9-20(10-14-27)19-5-7-23(29)8-6-19/h5-10,12-13,16-18,21,25H,1-4,11,14,29-30H2,(H,31,33,34). The van der Waals surface area contributed by atoms with Gasteiger partial charge in [0, 0.05) is 30.1 Å².